The predicted octanol–water partition coefficient (Wildman–Crippen LogP) is 4.38. The van der Waals surface area contributed by atoms with E-state index < -0.39 is 34.1 Å². The Morgan fingerprint density at radius 3 is 1.83 bits per heavy atom. The zero-order chi connectivity index (χ0) is 21.0. The fraction of sp³-hybridized carbons (Fsp3) is 0. The SMILES string of the molecule is O=C(Nc1ccc([N+](=O)[O-])c(NC(=O)c2ccccc2F)c1)c1ccccc1F. The molecule has 3 aromatic carbocycles. The molecule has 0 aromatic heterocycles. The van der Waals surface area contributed by atoms with Crippen LogP contribution in [0, 0.1) is 21.7 Å². The van der Waals surface area contributed by atoms with Crippen LogP contribution >= 0.6 is 0 Å². The Morgan fingerprint density at radius 2 is 1.31 bits per heavy atom. The molecular formula is C20H13F2N3O4. The highest BCUT2D eigenvalue weighted by Gasteiger charge is 2.20. The number of carbonyl (C=O) groups is 2. The molecule has 2 N–H and O–H groups in total. The van der Waals surface area contributed by atoms with Crippen LogP contribution in [0.1, 0.15) is 20.7 Å². The number of hydrogen-bond donors (Lipinski definition) is 2. The molecule has 0 bridgehead atoms. The Kier molecular flexibility index (Phi) is 5.59. The summed E-state index contributed by atoms with van der Waals surface area (Å²) in [5.74, 6) is -3.20. The maximum absolute atomic E-state index is 13.8. The molecule has 3 rings (SSSR count). The molecule has 0 atom stereocenters. The number of hydrogen-bond acceptors (Lipinski definition) is 4. The van der Waals surface area contributed by atoms with Crippen molar-refractivity contribution in [2.24, 2.45) is 0 Å². The van der Waals surface area contributed by atoms with Crippen LogP contribution in [-0.4, -0.2) is 16.7 Å². The zero-order valence-electron chi connectivity index (χ0n) is 14.7. The van der Waals surface area contributed by atoms with Gasteiger partial charge in [-0.3, -0.25) is 19.7 Å². The molecule has 0 radical (unpaired) electrons. The third-order valence-electron chi connectivity index (χ3n) is 3.94. The summed E-state index contributed by atoms with van der Waals surface area (Å²) in [6.45, 7) is 0. The van der Waals surface area contributed by atoms with E-state index in [0.717, 1.165) is 24.3 Å². The maximum atomic E-state index is 13.8. The van der Waals surface area contributed by atoms with Crippen molar-refractivity contribution in [3.05, 3.63) is 99.6 Å². The van der Waals surface area contributed by atoms with Crippen molar-refractivity contribution >= 4 is 28.9 Å². The van der Waals surface area contributed by atoms with Crippen molar-refractivity contribution in [3.63, 3.8) is 0 Å². The second-order valence-corrected chi connectivity index (χ2v) is 5.86. The Balaban J connectivity index is 1.89. The van der Waals surface area contributed by atoms with Gasteiger partial charge in [-0.1, -0.05) is 24.3 Å². The summed E-state index contributed by atoms with van der Waals surface area (Å²) in [6.07, 6.45) is 0. The minimum absolute atomic E-state index is 0.0766. The van der Waals surface area contributed by atoms with Gasteiger partial charge in [-0.05, 0) is 36.4 Å². The number of nitrogens with zero attached hydrogens (tertiary/aromatic N) is 1. The highest BCUT2D eigenvalue weighted by Crippen LogP contribution is 2.29. The molecule has 3 aromatic rings. The van der Waals surface area contributed by atoms with Gasteiger partial charge in [0.2, 0.25) is 0 Å². The van der Waals surface area contributed by atoms with Crippen molar-refractivity contribution in [3.8, 4) is 0 Å². The fourth-order valence-electron chi connectivity index (χ4n) is 2.55. The standard InChI is InChI=1S/C20H13F2N3O4/c21-15-7-3-1-5-13(15)19(26)23-12-9-10-18(25(28)29)17(11-12)24-20(27)14-6-2-4-8-16(14)22/h1-11H,(H,23,26)(H,24,27). The van der Waals surface area contributed by atoms with Crippen molar-refractivity contribution in [1.82, 2.24) is 0 Å². The average molecular weight is 397 g/mol. The zero-order valence-corrected chi connectivity index (χ0v) is 14.7. The molecule has 0 unspecified atom stereocenters. The summed E-state index contributed by atoms with van der Waals surface area (Å²) in [4.78, 5) is 35.0. The molecular weight excluding hydrogens is 384 g/mol. The first-order valence-corrected chi connectivity index (χ1v) is 8.27. The van der Waals surface area contributed by atoms with E-state index in [2.05, 4.69) is 10.6 Å². The van der Waals surface area contributed by atoms with Gasteiger partial charge in [0.15, 0.2) is 0 Å². The first-order chi connectivity index (χ1) is 13.9. The third kappa shape index (κ3) is 4.41. The van der Waals surface area contributed by atoms with E-state index in [1.807, 2.05) is 0 Å². The Bertz CT molecular complexity index is 1120. The minimum Gasteiger partial charge on any atom is -0.322 e. The van der Waals surface area contributed by atoms with Gasteiger partial charge in [-0.25, -0.2) is 8.78 Å². The van der Waals surface area contributed by atoms with Crippen LogP contribution in [-0.2, 0) is 0 Å². The van der Waals surface area contributed by atoms with Gasteiger partial charge in [-0.2, -0.15) is 0 Å². The molecule has 0 heterocycles. The quantitative estimate of drug-likeness (QED) is 0.493. The number of nitro groups is 1. The summed E-state index contributed by atoms with van der Waals surface area (Å²) >= 11 is 0. The lowest BCUT2D eigenvalue weighted by atomic mass is 10.1. The minimum atomic E-state index is -0.899. The molecule has 0 aliphatic rings. The maximum Gasteiger partial charge on any atom is 0.292 e. The molecule has 0 aliphatic heterocycles. The lowest BCUT2D eigenvalue weighted by molar-refractivity contribution is -0.383. The van der Waals surface area contributed by atoms with Gasteiger partial charge >= 0.3 is 0 Å². The second-order valence-electron chi connectivity index (χ2n) is 5.86. The number of nitro benzene ring substituents is 1. The molecule has 2 amide bonds. The fourth-order valence-corrected chi connectivity index (χ4v) is 2.55. The summed E-state index contributed by atoms with van der Waals surface area (Å²) < 4.78 is 27.5. The van der Waals surface area contributed by atoms with E-state index in [9.17, 15) is 28.5 Å². The van der Waals surface area contributed by atoms with Crippen LogP contribution in [0.3, 0.4) is 0 Å². The first-order valence-electron chi connectivity index (χ1n) is 8.27. The van der Waals surface area contributed by atoms with Gasteiger partial charge < -0.3 is 10.6 Å². The summed E-state index contributed by atoms with van der Waals surface area (Å²) in [5.41, 5.74) is -1.16. The third-order valence-corrected chi connectivity index (χ3v) is 3.94. The number of halogens is 2. The smallest absolute Gasteiger partial charge is 0.292 e. The summed E-state index contributed by atoms with van der Waals surface area (Å²) in [6, 6.07) is 13.9. The molecule has 0 spiro atoms. The molecule has 0 aliphatic carbocycles. The van der Waals surface area contributed by atoms with Crippen LogP contribution in [0.5, 0.6) is 0 Å². The van der Waals surface area contributed by atoms with Crippen LogP contribution < -0.4 is 10.6 Å². The largest absolute Gasteiger partial charge is 0.322 e. The van der Waals surface area contributed by atoms with Crippen LogP contribution in [0.15, 0.2) is 66.7 Å². The van der Waals surface area contributed by atoms with Gasteiger partial charge in [0.25, 0.3) is 17.5 Å². The van der Waals surface area contributed by atoms with Gasteiger partial charge in [-0.15, -0.1) is 0 Å². The van der Waals surface area contributed by atoms with Crippen molar-refractivity contribution in [2.45, 2.75) is 0 Å². The number of anilines is 2. The number of benzene rings is 3. The number of carbonyl (C=O) groups excluding carboxylic acids is 2. The topological polar surface area (TPSA) is 101 Å². The van der Waals surface area contributed by atoms with E-state index in [-0.39, 0.29) is 22.5 Å². The normalized spacial score (nSPS) is 10.3. The van der Waals surface area contributed by atoms with Gasteiger partial charge in [0.05, 0.1) is 16.1 Å². The number of nitrogens with one attached hydrogen (secondary N) is 2. The van der Waals surface area contributed by atoms with E-state index >= 15 is 0 Å². The Hall–Kier alpha value is -4.14. The van der Waals surface area contributed by atoms with Crippen molar-refractivity contribution in [1.29, 1.82) is 0 Å². The van der Waals surface area contributed by atoms with Crippen molar-refractivity contribution in [2.75, 3.05) is 10.6 Å². The first kappa shape index (κ1) is 19.6. The van der Waals surface area contributed by atoms with Gasteiger partial charge in [0.1, 0.15) is 17.3 Å². The highest BCUT2D eigenvalue weighted by molar-refractivity contribution is 6.07. The summed E-state index contributed by atoms with van der Waals surface area (Å²) in [5, 5.41) is 15.9. The van der Waals surface area contributed by atoms with Gasteiger partial charge in [0, 0.05) is 11.8 Å². The average Bonchev–Trinajstić information content (AvgIpc) is 2.68. The van der Waals surface area contributed by atoms with Crippen LogP contribution in [0.25, 0.3) is 0 Å². The highest BCUT2D eigenvalue weighted by atomic mass is 19.1. The lowest BCUT2D eigenvalue weighted by Gasteiger charge is -2.10. The predicted molar refractivity (Wildman–Crippen MR) is 102 cm³/mol. The van der Waals surface area contributed by atoms with E-state index in [4.69, 9.17) is 0 Å². The monoisotopic (exact) mass is 397 g/mol. The van der Waals surface area contributed by atoms with E-state index in [1.54, 1.807) is 0 Å². The number of rotatable bonds is 5. The van der Waals surface area contributed by atoms with Crippen LogP contribution in [0.4, 0.5) is 25.8 Å². The van der Waals surface area contributed by atoms with Crippen molar-refractivity contribution < 1.29 is 23.3 Å². The van der Waals surface area contributed by atoms with E-state index in [1.165, 1.54) is 42.5 Å². The lowest BCUT2D eigenvalue weighted by Crippen LogP contribution is -2.16. The molecule has 29 heavy (non-hydrogen) atoms. The Morgan fingerprint density at radius 1 is 0.793 bits per heavy atom. The molecule has 0 saturated heterocycles. The molecule has 146 valence electrons. The molecule has 0 fully saturated rings. The number of amides is 2. The Labute approximate surface area is 163 Å². The summed E-state index contributed by atoms with van der Waals surface area (Å²) in [7, 11) is 0. The molecule has 7 nitrogen and oxygen atoms in total. The molecule has 9 heteroatoms. The van der Waals surface area contributed by atoms with Crippen LogP contribution in [0.2, 0.25) is 0 Å². The molecule has 0 saturated carbocycles. The second kappa shape index (κ2) is 8.26. The van der Waals surface area contributed by atoms with E-state index in [0.29, 0.717) is 0 Å².